The minimum absolute atomic E-state index is 0.156. The van der Waals surface area contributed by atoms with E-state index in [1.807, 2.05) is 66.7 Å². The van der Waals surface area contributed by atoms with Crippen LogP contribution < -0.4 is 13.8 Å². The number of methoxy groups -OCH3 is 1. The molecule has 1 aliphatic rings. The second kappa shape index (κ2) is 11.7. The van der Waals surface area contributed by atoms with Gasteiger partial charge >= 0.3 is 0 Å². The second-order valence-corrected chi connectivity index (χ2v) is 11.2. The quantitative estimate of drug-likeness (QED) is 0.253. The summed E-state index contributed by atoms with van der Waals surface area (Å²) in [4.78, 5) is 2.66. The van der Waals surface area contributed by atoms with Crippen molar-refractivity contribution in [3.05, 3.63) is 115 Å². The zero-order valence-electron chi connectivity index (χ0n) is 21.4. The number of para-hydroxylation sites is 1. The molecule has 0 atom stereocenters. The summed E-state index contributed by atoms with van der Waals surface area (Å²) in [7, 11) is -2.16. The van der Waals surface area contributed by atoms with Crippen molar-refractivity contribution >= 4 is 15.7 Å². The topological polar surface area (TPSA) is 59.1 Å². The van der Waals surface area contributed by atoms with Gasteiger partial charge in [-0.15, -0.1) is 0 Å². The molecule has 0 bridgehead atoms. The van der Waals surface area contributed by atoms with Crippen molar-refractivity contribution in [2.24, 2.45) is 0 Å². The number of likely N-dealkylation sites (tertiary alicyclic amines) is 1. The average Bonchev–Trinajstić information content (AvgIpc) is 2.95. The molecular weight excluding hydrogens is 496 g/mol. The van der Waals surface area contributed by atoms with E-state index in [9.17, 15) is 8.42 Å². The molecule has 5 rings (SSSR count). The van der Waals surface area contributed by atoms with Crippen LogP contribution in [0, 0.1) is 0 Å². The number of benzene rings is 4. The second-order valence-electron chi connectivity index (χ2n) is 9.39. The highest BCUT2D eigenvalue weighted by molar-refractivity contribution is 7.92. The van der Waals surface area contributed by atoms with E-state index < -0.39 is 10.0 Å². The Bertz CT molecular complexity index is 1440. The number of sulfonamides is 1. The molecule has 1 aliphatic heterocycles. The predicted octanol–water partition coefficient (Wildman–Crippen LogP) is 6.35. The van der Waals surface area contributed by atoms with Crippen LogP contribution in [0.3, 0.4) is 0 Å². The van der Waals surface area contributed by atoms with E-state index in [0.717, 1.165) is 44.0 Å². The monoisotopic (exact) mass is 528 g/mol. The largest absolute Gasteiger partial charge is 0.497 e. The van der Waals surface area contributed by atoms with Crippen LogP contribution in [-0.2, 0) is 16.6 Å². The molecule has 0 radical (unpaired) electrons. The fraction of sp³-hybridized carbons (Fsp3) is 0.226. The van der Waals surface area contributed by atoms with E-state index in [1.54, 1.807) is 41.7 Å². The predicted molar refractivity (Wildman–Crippen MR) is 150 cm³/mol. The molecule has 38 heavy (non-hydrogen) atoms. The van der Waals surface area contributed by atoms with Gasteiger partial charge in [0.15, 0.2) is 0 Å². The standard InChI is InChI=1S/C31H32N2O4S/c1-36-29-14-9-11-27(23-29)33(38(34,35)31-16-6-3-7-17-31)26-18-20-32(21-19-26)24-25-10-8-15-30(22-25)37-28-12-4-2-5-13-28/h2-17,22-23,26H,18-21,24H2,1H3. The Balaban J connectivity index is 1.31. The highest BCUT2D eigenvalue weighted by Crippen LogP contribution is 2.33. The van der Waals surface area contributed by atoms with Gasteiger partial charge in [-0.05, 0) is 66.9 Å². The number of nitrogens with zero attached hydrogens (tertiary/aromatic N) is 2. The Hall–Kier alpha value is -3.81. The van der Waals surface area contributed by atoms with Crippen LogP contribution >= 0.6 is 0 Å². The molecule has 0 aliphatic carbocycles. The minimum atomic E-state index is -3.75. The maximum Gasteiger partial charge on any atom is 0.264 e. The van der Waals surface area contributed by atoms with Gasteiger partial charge in [-0.25, -0.2) is 8.42 Å². The highest BCUT2D eigenvalue weighted by Gasteiger charge is 2.34. The van der Waals surface area contributed by atoms with E-state index in [0.29, 0.717) is 16.3 Å². The smallest absolute Gasteiger partial charge is 0.264 e. The Kier molecular flexibility index (Phi) is 7.96. The van der Waals surface area contributed by atoms with Gasteiger partial charge in [0.05, 0.1) is 17.7 Å². The third-order valence-electron chi connectivity index (χ3n) is 6.78. The fourth-order valence-corrected chi connectivity index (χ4v) is 6.62. The molecule has 1 heterocycles. The molecule has 196 valence electrons. The Labute approximate surface area is 225 Å². The van der Waals surface area contributed by atoms with Gasteiger partial charge in [0, 0.05) is 31.7 Å². The van der Waals surface area contributed by atoms with E-state index in [2.05, 4.69) is 17.0 Å². The number of ether oxygens (including phenoxy) is 2. The molecule has 1 fully saturated rings. The van der Waals surface area contributed by atoms with Crippen molar-refractivity contribution in [3.8, 4) is 17.2 Å². The zero-order valence-corrected chi connectivity index (χ0v) is 22.3. The molecule has 4 aromatic rings. The van der Waals surface area contributed by atoms with Gasteiger partial charge in [0.2, 0.25) is 0 Å². The molecule has 0 amide bonds. The lowest BCUT2D eigenvalue weighted by atomic mass is 10.0. The van der Waals surface area contributed by atoms with Crippen molar-refractivity contribution in [2.75, 3.05) is 24.5 Å². The van der Waals surface area contributed by atoms with E-state index >= 15 is 0 Å². The van der Waals surface area contributed by atoms with Gasteiger partial charge in [0.25, 0.3) is 10.0 Å². The number of hydrogen-bond acceptors (Lipinski definition) is 5. The van der Waals surface area contributed by atoms with Crippen molar-refractivity contribution in [2.45, 2.75) is 30.3 Å². The van der Waals surface area contributed by atoms with E-state index in [-0.39, 0.29) is 6.04 Å². The summed E-state index contributed by atoms with van der Waals surface area (Å²) in [5.74, 6) is 2.25. The third kappa shape index (κ3) is 6.01. The molecule has 6 nitrogen and oxygen atoms in total. The maximum atomic E-state index is 13.8. The molecule has 0 unspecified atom stereocenters. The van der Waals surface area contributed by atoms with Crippen LogP contribution in [0.15, 0.2) is 114 Å². The van der Waals surface area contributed by atoms with Crippen LogP contribution in [0.1, 0.15) is 18.4 Å². The lowest BCUT2D eigenvalue weighted by Crippen LogP contribution is -2.47. The molecule has 0 aromatic heterocycles. The first-order valence-electron chi connectivity index (χ1n) is 12.8. The SMILES string of the molecule is COc1cccc(N(C2CCN(Cc3cccc(Oc4ccccc4)c3)CC2)S(=O)(=O)c2ccccc2)c1. The first-order chi connectivity index (χ1) is 18.5. The number of piperidine rings is 1. The van der Waals surface area contributed by atoms with Crippen molar-refractivity contribution in [1.29, 1.82) is 0 Å². The fourth-order valence-electron chi connectivity index (χ4n) is 4.90. The maximum absolute atomic E-state index is 13.8. The first-order valence-corrected chi connectivity index (χ1v) is 14.2. The first kappa shape index (κ1) is 25.8. The van der Waals surface area contributed by atoms with Crippen molar-refractivity contribution < 1.29 is 17.9 Å². The van der Waals surface area contributed by atoms with Crippen LogP contribution in [0.5, 0.6) is 17.2 Å². The molecular formula is C31H32N2O4S. The minimum Gasteiger partial charge on any atom is -0.497 e. The molecule has 0 saturated carbocycles. The Morgan fingerprint density at radius 2 is 1.39 bits per heavy atom. The molecule has 7 heteroatoms. The summed E-state index contributed by atoms with van der Waals surface area (Å²) in [6, 6.07) is 33.7. The van der Waals surface area contributed by atoms with Crippen LogP contribution in [0.25, 0.3) is 0 Å². The number of anilines is 1. The summed E-state index contributed by atoms with van der Waals surface area (Å²) < 4.78 is 40.7. The summed E-state index contributed by atoms with van der Waals surface area (Å²) in [6.07, 6.45) is 1.45. The van der Waals surface area contributed by atoms with Gasteiger partial charge in [-0.1, -0.05) is 54.6 Å². The Morgan fingerprint density at radius 3 is 2.11 bits per heavy atom. The molecule has 0 spiro atoms. The third-order valence-corrected chi connectivity index (χ3v) is 8.67. The average molecular weight is 529 g/mol. The molecule has 1 saturated heterocycles. The summed E-state index contributed by atoms with van der Waals surface area (Å²) >= 11 is 0. The molecule has 4 aromatic carbocycles. The highest BCUT2D eigenvalue weighted by atomic mass is 32.2. The van der Waals surface area contributed by atoms with Gasteiger partial charge in [-0.2, -0.15) is 0 Å². The number of rotatable bonds is 9. The normalized spacial score (nSPS) is 14.7. The zero-order chi connectivity index (χ0) is 26.4. The van der Waals surface area contributed by atoms with Crippen LogP contribution in [0.2, 0.25) is 0 Å². The van der Waals surface area contributed by atoms with Crippen molar-refractivity contribution in [3.63, 3.8) is 0 Å². The Morgan fingerprint density at radius 1 is 0.763 bits per heavy atom. The molecule has 0 N–H and O–H groups in total. The van der Waals surface area contributed by atoms with E-state index in [4.69, 9.17) is 9.47 Å². The van der Waals surface area contributed by atoms with Gasteiger partial charge in [0.1, 0.15) is 17.2 Å². The lowest BCUT2D eigenvalue weighted by Gasteiger charge is -2.39. The summed E-state index contributed by atoms with van der Waals surface area (Å²) in [5.41, 5.74) is 1.79. The lowest BCUT2D eigenvalue weighted by molar-refractivity contribution is 0.206. The van der Waals surface area contributed by atoms with Crippen molar-refractivity contribution in [1.82, 2.24) is 4.90 Å². The summed E-state index contributed by atoms with van der Waals surface area (Å²) in [5, 5.41) is 0. The van der Waals surface area contributed by atoms with Gasteiger partial charge in [-0.3, -0.25) is 9.21 Å². The number of hydrogen-bond donors (Lipinski definition) is 0. The van der Waals surface area contributed by atoms with Gasteiger partial charge < -0.3 is 9.47 Å². The van der Waals surface area contributed by atoms with Crippen LogP contribution in [-0.4, -0.2) is 39.6 Å². The summed E-state index contributed by atoms with van der Waals surface area (Å²) in [6.45, 7) is 2.36. The van der Waals surface area contributed by atoms with E-state index in [1.165, 1.54) is 5.56 Å². The van der Waals surface area contributed by atoms with Crippen LogP contribution in [0.4, 0.5) is 5.69 Å².